The van der Waals surface area contributed by atoms with E-state index in [4.69, 9.17) is 0 Å². The molecule has 2 aliphatic rings. The summed E-state index contributed by atoms with van der Waals surface area (Å²) in [4.78, 5) is 26.2. The Morgan fingerprint density at radius 2 is 2.00 bits per heavy atom. The molecule has 2 heterocycles. The van der Waals surface area contributed by atoms with Crippen LogP contribution in [-0.4, -0.2) is 36.3 Å². The predicted octanol–water partition coefficient (Wildman–Crippen LogP) is 1.36. The quantitative estimate of drug-likeness (QED) is 0.845. The molecule has 1 unspecified atom stereocenters. The Bertz CT molecular complexity index is 506. The highest BCUT2D eigenvalue weighted by molar-refractivity contribution is 6.06. The molecule has 20 heavy (non-hydrogen) atoms. The second-order valence-corrected chi connectivity index (χ2v) is 5.82. The van der Waals surface area contributed by atoms with Crippen LogP contribution in [0.25, 0.3) is 0 Å². The van der Waals surface area contributed by atoms with E-state index >= 15 is 0 Å². The molecular weight excluding hydrogens is 252 g/mol. The Balaban J connectivity index is 1.68. The molecule has 2 aliphatic heterocycles. The number of piperidine rings is 1. The van der Waals surface area contributed by atoms with Crippen molar-refractivity contribution in [3.8, 4) is 0 Å². The van der Waals surface area contributed by atoms with Crippen LogP contribution in [0.5, 0.6) is 0 Å². The van der Waals surface area contributed by atoms with Gasteiger partial charge in [-0.3, -0.25) is 14.5 Å². The summed E-state index contributed by atoms with van der Waals surface area (Å²) in [5.41, 5.74) is 0.710. The maximum absolute atomic E-state index is 12.6. The van der Waals surface area contributed by atoms with Crippen LogP contribution in [-0.2, 0) is 16.0 Å². The van der Waals surface area contributed by atoms with Gasteiger partial charge in [0.1, 0.15) is 0 Å². The summed E-state index contributed by atoms with van der Waals surface area (Å²) in [6.07, 6.45) is 2.94. The first-order valence-corrected chi connectivity index (χ1v) is 7.31. The lowest BCUT2D eigenvalue weighted by atomic mass is 9.79. The fraction of sp³-hybridized carbons (Fsp3) is 0.500. The molecule has 0 aliphatic carbocycles. The number of hydrogen-bond acceptors (Lipinski definition) is 3. The second-order valence-electron chi connectivity index (χ2n) is 5.82. The Morgan fingerprint density at radius 1 is 1.20 bits per heavy atom. The molecule has 0 saturated carbocycles. The van der Waals surface area contributed by atoms with Gasteiger partial charge >= 0.3 is 0 Å². The van der Waals surface area contributed by atoms with E-state index in [9.17, 15) is 9.59 Å². The van der Waals surface area contributed by atoms with Crippen molar-refractivity contribution in [2.75, 3.05) is 19.6 Å². The van der Waals surface area contributed by atoms with Gasteiger partial charge in [0.05, 0.1) is 5.41 Å². The monoisotopic (exact) mass is 272 g/mol. The summed E-state index contributed by atoms with van der Waals surface area (Å²) < 4.78 is 0. The number of nitrogens with one attached hydrogen (secondary N) is 1. The van der Waals surface area contributed by atoms with Crippen molar-refractivity contribution in [2.24, 2.45) is 5.41 Å². The van der Waals surface area contributed by atoms with Crippen molar-refractivity contribution in [1.29, 1.82) is 0 Å². The Kier molecular flexibility index (Phi) is 3.57. The number of imide groups is 1. The number of amides is 2. The lowest BCUT2D eigenvalue weighted by Crippen LogP contribution is -2.46. The number of benzene rings is 1. The third-order valence-corrected chi connectivity index (χ3v) is 4.43. The van der Waals surface area contributed by atoms with E-state index in [1.807, 2.05) is 30.3 Å². The average Bonchev–Trinajstić information content (AvgIpc) is 2.70. The number of nitrogens with zero attached hydrogens (tertiary/aromatic N) is 1. The van der Waals surface area contributed by atoms with Crippen molar-refractivity contribution >= 4 is 11.8 Å². The molecule has 3 rings (SSSR count). The predicted molar refractivity (Wildman–Crippen MR) is 76.0 cm³/mol. The van der Waals surface area contributed by atoms with Gasteiger partial charge in [-0.1, -0.05) is 30.3 Å². The lowest BCUT2D eigenvalue weighted by Gasteiger charge is -2.31. The van der Waals surface area contributed by atoms with Gasteiger partial charge in [0.25, 0.3) is 0 Å². The van der Waals surface area contributed by atoms with Crippen molar-refractivity contribution in [2.45, 2.75) is 25.7 Å². The molecule has 4 nitrogen and oxygen atoms in total. The van der Waals surface area contributed by atoms with E-state index < -0.39 is 5.41 Å². The van der Waals surface area contributed by atoms with Gasteiger partial charge in [-0.2, -0.15) is 0 Å². The maximum Gasteiger partial charge on any atom is 0.237 e. The van der Waals surface area contributed by atoms with Crippen LogP contribution in [0.1, 0.15) is 24.8 Å². The van der Waals surface area contributed by atoms with Gasteiger partial charge in [-0.25, -0.2) is 0 Å². The molecule has 1 aromatic carbocycles. The van der Waals surface area contributed by atoms with Crippen LogP contribution >= 0.6 is 0 Å². The van der Waals surface area contributed by atoms with Gasteiger partial charge < -0.3 is 5.32 Å². The molecule has 1 atom stereocenters. The highest BCUT2D eigenvalue weighted by Crippen LogP contribution is 2.38. The van der Waals surface area contributed by atoms with E-state index in [-0.39, 0.29) is 11.8 Å². The Labute approximate surface area is 119 Å². The van der Waals surface area contributed by atoms with Crippen LogP contribution in [0.15, 0.2) is 30.3 Å². The van der Waals surface area contributed by atoms with Gasteiger partial charge in [0.15, 0.2) is 0 Å². The van der Waals surface area contributed by atoms with Crippen LogP contribution in [0, 0.1) is 5.41 Å². The SMILES string of the molecule is O=C1CC2(CCCNC2)C(=O)N1CCc1ccccc1. The zero-order chi connectivity index (χ0) is 14.0. The summed E-state index contributed by atoms with van der Waals surface area (Å²) >= 11 is 0. The van der Waals surface area contributed by atoms with E-state index in [2.05, 4.69) is 5.32 Å². The molecule has 4 heteroatoms. The number of carbonyl (C=O) groups is 2. The standard InChI is InChI=1S/C16H20N2O2/c19-14-11-16(8-4-9-17-12-16)15(20)18(14)10-7-13-5-2-1-3-6-13/h1-3,5-6,17H,4,7-12H2. The van der Waals surface area contributed by atoms with E-state index in [1.54, 1.807) is 0 Å². The summed E-state index contributed by atoms with van der Waals surface area (Å²) in [7, 11) is 0. The Morgan fingerprint density at radius 3 is 2.70 bits per heavy atom. The molecular formula is C16H20N2O2. The van der Waals surface area contributed by atoms with Gasteiger partial charge in [-0.05, 0) is 31.4 Å². The first-order valence-electron chi connectivity index (χ1n) is 7.31. The fourth-order valence-electron chi connectivity index (χ4n) is 3.27. The fourth-order valence-corrected chi connectivity index (χ4v) is 3.27. The number of rotatable bonds is 3. The average molecular weight is 272 g/mol. The van der Waals surface area contributed by atoms with Crippen molar-refractivity contribution in [1.82, 2.24) is 10.2 Å². The number of hydrogen-bond donors (Lipinski definition) is 1. The van der Waals surface area contributed by atoms with Crippen LogP contribution < -0.4 is 5.32 Å². The second kappa shape index (κ2) is 5.37. The molecule has 2 amide bonds. The highest BCUT2D eigenvalue weighted by atomic mass is 16.2. The van der Waals surface area contributed by atoms with Crippen molar-refractivity contribution in [3.05, 3.63) is 35.9 Å². The minimum atomic E-state index is -0.452. The summed E-state index contributed by atoms with van der Waals surface area (Å²) in [5, 5.41) is 3.26. The largest absolute Gasteiger partial charge is 0.316 e. The highest BCUT2D eigenvalue weighted by Gasteiger charge is 2.51. The molecule has 0 aromatic heterocycles. The molecule has 1 spiro atoms. The summed E-state index contributed by atoms with van der Waals surface area (Å²) in [6.45, 7) is 2.11. The smallest absolute Gasteiger partial charge is 0.237 e. The topological polar surface area (TPSA) is 49.4 Å². The minimum absolute atomic E-state index is 0.00497. The zero-order valence-corrected chi connectivity index (χ0v) is 11.6. The van der Waals surface area contributed by atoms with Crippen LogP contribution in [0.3, 0.4) is 0 Å². The third kappa shape index (κ3) is 2.36. The molecule has 0 radical (unpaired) electrons. The van der Waals surface area contributed by atoms with Gasteiger partial charge in [0.2, 0.25) is 11.8 Å². The first-order chi connectivity index (χ1) is 9.71. The zero-order valence-electron chi connectivity index (χ0n) is 11.6. The van der Waals surface area contributed by atoms with Crippen molar-refractivity contribution in [3.63, 3.8) is 0 Å². The van der Waals surface area contributed by atoms with Crippen molar-refractivity contribution < 1.29 is 9.59 Å². The number of carbonyl (C=O) groups excluding carboxylic acids is 2. The molecule has 0 bridgehead atoms. The molecule has 2 fully saturated rings. The normalized spacial score (nSPS) is 26.5. The Hall–Kier alpha value is -1.68. The summed E-state index contributed by atoms with van der Waals surface area (Å²) in [5.74, 6) is 0.0280. The van der Waals surface area contributed by atoms with Gasteiger partial charge in [-0.15, -0.1) is 0 Å². The van der Waals surface area contributed by atoms with E-state index in [0.29, 0.717) is 19.5 Å². The first kappa shape index (κ1) is 13.3. The van der Waals surface area contributed by atoms with E-state index in [0.717, 1.165) is 31.4 Å². The van der Waals surface area contributed by atoms with Gasteiger partial charge in [0, 0.05) is 19.5 Å². The van der Waals surface area contributed by atoms with Crippen LogP contribution in [0.2, 0.25) is 0 Å². The minimum Gasteiger partial charge on any atom is -0.316 e. The summed E-state index contributed by atoms with van der Waals surface area (Å²) in [6, 6.07) is 10.00. The lowest BCUT2D eigenvalue weighted by molar-refractivity contribution is -0.141. The van der Waals surface area contributed by atoms with E-state index in [1.165, 1.54) is 4.90 Å². The molecule has 1 aromatic rings. The molecule has 1 N–H and O–H groups in total. The maximum atomic E-state index is 12.6. The third-order valence-electron chi connectivity index (χ3n) is 4.43. The number of likely N-dealkylation sites (tertiary alicyclic amines) is 1. The molecule has 106 valence electrons. The molecule has 2 saturated heterocycles. The van der Waals surface area contributed by atoms with Crippen LogP contribution in [0.4, 0.5) is 0 Å².